The molecule has 1 amide bonds. The Morgan fingerprint density at radius 3 is 2.59 bits per heavy atom. The number of hydrogen-bond donors (Lipinski definition) is 1. The Balaban J connectivity index is 1.81. The molecule has 1 heterocycles. The fraction of sp³-hybridized carbons (Fsp3) is 0.407. The van der Waals surface area contributed by atoms with Gasteiger partial charge in [0.25, 0.3) is 5.91 Å². The van der Waals surface area contributed by atoms with Crippen LogP contribution in [0.4, 0.5) is 5.69 Å². The van der Waals surface area contributed by atoms with Crippen molar-refractivity contribution in [1.82, 2.24) is 4.90 Å². The number of aryl methyl sites for hydroxylation is 1. The van der Waals surface area contributed by atoms with Gasteiger partial charge in [0.2, 0.25) is 0 Å². The van der Waals surface area contributed by atoms with Gasteiger partial charge in [0.15, 0.2) is 0 Å². The van der Waals surface area contributed by atoms with Crippen LogP contribution in [-0.2, 0) is 9.53 Å². The highest BCUT2D eigenvalue weighted by Gasteiger charge is 2.21. The summed E-state index contributed by atoms with van der Waals surface area (Å²) in [6.07, 6.45) is 3.96. The molecule has 0 radical (unpaired) electrons. The number of fused-ring (bicyclic) bond motifs is 1. The van der Waals surface area contributed by atoms with Gasteiger partial charge in [0, 0.05) is 55.9 Å². The number of benzene rings is 2. The minimum atomic E-state index is -0.105. The lowest BCUT2D eigenvalue weighted by Gasteiger charge is -2.20. The van der Waals surface area contributed by atoms with E-state index < -0.39 is 0 Å². The molecule has 1 N–H and O–H groups in total. The van der Waals surface area contributed by atoms with E-state index >= 15 is 0 Å². The molecular weight excluding hydrogens is 432 g/mol. The van der Waals surface area contributed by atoms with Gasteiger partial charge in [0.05, 0.1) is 13.2 Å². The molecule has 0 fully saturated rings. The highest BCUT2D eigenvalue weighted by atomic mass is 16.5. The molecule has 1 unspecified atom stereocenters. The number of methoxy groups -OCH3 is 2. The lowest BCUT2D eigenvalue weighted by atomic mass is 10.0. The lowest BCUT2D eigenvalue weighted by Crippen LogP contribution is -2.27. The molecule has 1 aromatic heterocycles. The first-order valence-corrected chi connectivity index (χ1v) is 11.6. The second-order valence-corrected chi connectivity index (χ2v) is 8.40. The number of carbonyl (C=O) groups excluding carboxylic acids is 2. The number of nitrogens with zero attached hydrogens (tertiary/aromatic N) is 1. The number of hydrogen-bond acceptors (Lipinski definition) is 6. The third kappa shape index (κ3) is 6.17. The molecule has 0 saturated carbocycles. The Morgan fingerprint density at radius 2 is 1.91 bits per heavy atom. The number of ether oxygens (including phenoxy) is 2. The van der Waals surface area contributed by atoms with Crippen LogP contribution in [0.25, 0.3) is 11.0 Å². The molecule has 3 aromatic rings. The first-order valence-electron chi connectivity index (χ1n) is 11.6. The molecular formula is C27H34N2O5. The van der Waals surface area contributed by atoms with Crippen molar-refractivity contribution in [3.8, 4) is 5.75 Å². The average Bonchev–Trinajstić information content (AvgIpc) is 3.19. The van der Waals surface area contributed by atoms with Crippen molar-refractivity contribution in [1.29, 1.82) is 0 Å². The highest BCUT2D eigenvalue weighted by Crippen LogP contribution is 2.35. The lowest BCUT2D eigenvalue weighted by molar-refractivity contribution is -0.108. The number of rotatable bonds is 13. The van der Waals surface area contributed by atoms with Crippen LogP contribution in [0.5, 0.6) is 5.75 Å². The van der Waals surface area contributed by atoms with Crippen LogP contribution in [0.2, 0.25) is 0 Å². The van der Waals surface area contributed by atoms with Gasteiger partial charge in [-0.05, 0) is 68.7 Å². The third-order valence-corrected chi connectivity index (χ3v) is 5.99. The Bertz CT molecular complexity index is 1090. The van der Waals surface area contributed by atoms with Gasteiger partial charge in [0.1, 0.15) is 23.4 Å². The van der Waals surface area contributed by atoms with Crippen LogP contribution in [0.15, 0.2) is 46.9 Å². The van der Waals surface area contributed by atoms with Crippen molar-refractivity contribution in [2.24, 2.45) is 0 Å². The second-order valence-electron chi connectivity index (χ2n) is 8.40. The van der Waals surface area contributed by atoms with Crippen molar-refractivity contribution >= 4 is 28.8 Å². The van der Waals surface area contributed by atoms with E-state index in [9.17, 15) is 9.59 Å². The highest BCUT2D eigenvalue weighted by molar-refractivity contribution is 5.94. The SMILES string of the molecule is COCCCCC(Nc1ccc(C(=O)N(C)CCC=O)cc1)c1oc2ccc(OC)cc2c1C. The maximum atomic E-state index is 12.6. The van der Waals surface area contributed by atoms with E-state index in [-0.39, 0.29) is 11.9 Å². The summed E-state index contributed by atoms with van der Waals surface area (Å²) in [5, 5.41) is 4.63. The zero-order chi connectivity index (χ0) is 24.5. The smallest absolute Gasteiger partial charge is 0.253 e. The van der Waals surface area contributed by atoms with Crippen LogP contribution < -0.4 is 10.1 Å². The van der Waals surface area contributed by atoms with E-state index in [1.165, 1.54) is 0 Å². The van der Waals surface area contributed by atoms with E-state index in [4.69, 9.17) is 13.9 Å². The largest absolute Gasteiger partial charge is 0.497 e. The maximum Gasteiger partial charge on any atom is 0.253 e. The number of anilines is 1. The molecule has 0 aliphatic rings. The van der Waals surface area contributed by atoms with Gasteiger partial charge < -0.3 is 28.9 Å². The number of aldehydes is 1. The monoisotopic (exact) mass is 466 g/mol. The summed E-state index contributed by atoms with van der Waals surface area (Å²) in [5.74, 6) is 1.59. The molecule has 2 aromatic carbocycles. The number of amides is 1. The number of furan rings is 1. The van der Waals surface area contributed by atoms with Gasteiger partial charge in [-0.3, -0.25) is 4.79 Å². The summed E-state index contributed by atoms with van der Waals surface area (Å²) in [6.45, 7) is 3.20. The van der Waals surface area contributed by atoms with E-state index in [2.05, 4.69) is 12.2 Å². The van der Waals surface area contributed by atoms with E-state index in [1.807, 2.05) is 30.3 Å². The van der Waals surface area contributed by atoms with Crippen LogP contribution in [0, 0.1) is 6.92 Å². The second kappa shape index (κ2) is 12.2. The third-order valence-electron chi connectivity index (χ3n) is 5.99. The summed E-state index contributed by atoms with van der Waals surface area (Å²) in [6, 6.07) is 13.2. The minimum absolute atomic E-state index is 0.0351. The fourth-order valence-corrected chi connectivity index (χ4v) is 4.02. The Labute approximate surface area is 201 Å². The molecule has 0 aliphatic heterocycles. The van der Waals surface area contributed by atoms with E-state index in [0.717, 1.165) is 65.9 Å². The van der Waals surface area contributed by atoms with Crippen molar-refractivity contribution in [2.45, 2.75) is 38.6 Å². The molecule has 0 aliphatic carbocycles. The zero-order valence-electron chi connectivity index (χ0n) is 20.4. The summed E-state index contributed by atoms with van der Waals surface area (Å²) in [5.41, 5.74) is 3.40. The predicted molar refractivity (Wildman–Crippen MR) is 134 cm³/mol. The first kappa shape index (κ1) is 25.3. The molecule has 34 heavy (non-hydrogen) atoms. The summed E-state index contributed by atoms with van der Waals surface area (Å²) < 4.78 is 16.9. The van der Waals surface area contributed by atoms with Crippen molar-refractivity contribution in [2.75, 3.05) is 39.7 Å². The standard InChI is InChI=1S/C27H34N2O5/c1-19-23-18-22(33-4)13-14-25(23)34-26(19)24(8-5-6-17-32-3)28-21-11-9-20(10-12-21)27(31)29(2)15-7-16-30/h9-14,16,18,24,28H,5-8,15,17H2,1-4H3. The van der Waals surface area contributed by atoms with Gasteiger partial charge in [-0.1, -0.05) is 0 Å². The number of unbranched alkanes of at least 4 members (excludes halogenated alkanes) is 1. The van der Waals surface area contributed by atoms with Crippen molar-refractivity contribution < 1.29 is 23.5 Å². The molecule has 0 spiro atoms. The van der Waals surface area contributed by atoms with E-state index in [0.29, 0.717) is 18.5 Å². The number of carbonyl (C=O) groups is 2. The van der Waals surface area contributed by atoms with E-state index in [1.54, 1.807) is 38.3 Å². The summed E-state index contributed by atoms with van der Waals surface area (Å²) >= 11 is 0. The van der Waals surface area contributed by atoms with Crippen LogP contribution in [-0.4, -0.2) is 51.5 Å². The normalized spacial score (nSPS) is 11.9. The molecule has 1 atom stereocenters. The minimum Gasteiger partial charge on any atom is -0.497 e. The molecule has 7 heteroatoms. The van der Waals surface area contributed by atoms with Crippen molar-refractivity contribution in [3.05, 3.63) is 59.4 Å². The van der Waals surface area contributed by atoms with Crippen LogP contribution >= 0.6 is 0 Å². The van der Waals surface area contributed by atoms with Gasteiger partial charge >= 0.3 is 0 Å². The van der Waals surface area contributed by atoms with Crippen LogP contribution in [0.3, 0.4) is 0 Å². The topological polar surface area (TPSA) is 81.0 Å². The first-order chi connectivity index (χ1) is 16.5. The van der Waals surface area contributed by atoms with Gasteiger partial charge in [-0.25, -0.2) is 0 Å². The Morgan fingerprint density at radius 1 is 1.15 bits per heavy atom. The molecule has 0 bridgehead atoms. The Kier molecular flexibility index (Phi) is 9.10. The average molecular weight is 467 g/mol. The zero-order valence-corrected chi connectivity index (χ0v) is 20.4. The fourth-order valence-electron chi connectivity index (χ4n) is 4.02. The van der Waals surface area contributed by atoms with Crippen molar-refractivity contribution in [3.63, 3.8) is 0 Å². The quantitative estimate of drug-likeness (QED) is 0.269. The molecule has 0 saturated heterocycles. The molecule has 182 valence electrons. The van der Waals surface area contributed by atoms with Gasteiger partial charge in [-0.15, -0.1) is 0 Å². The number of nitrogens with one attached hydrogen (secondary N) is 1. The summed E-state index contributed by atoms with van der Waals surface area (Å²) in [7, 11) is 5.07. The maximum absolute atomic E-state index is 12.6. The predicted octanol–water partition coefficient (Wildman–Crippen LogP) is 5.38. The van der Waals surface area contributed by atoms with Crippen LogP contribution in [0.1, 0.15) is 53.4 Å². The molecule has 7 nitrogen and oxygen atoms in total. The van der Waals surface area contributed by atoms with Gasteiger partial charge in [-0.2, -0.15) is 0 Å². The Hall–Kier alpha value is -3.32. The summed E-state index contributed by atoms with van der Waals surface area (Å²) in [4.78, 5) is 24.7. The molecule has 3 rings (SSSR count).